The van der Waals surface area contributed by atoms with Crippen molar-refractivity contribution in [3.8, 4) is 11.5 Å². The summed E-state index contributed by atoms with van der Waals surface area (Å²) in [5, 5.41) is 14.7. The second-order valence-electron chi connectivity index (χ2n) is 4.82. The van der Waals surface area contributed by atoms with Crippen molar-refractivity contribution in [1.29, 1.82) is 0 Å². The monoisotopic (exact) mass is 329 g/mol. The van der Waals surface area contributed by atoms with E-state index >= 15 is 0 Å². The van der Waals surface area contributed by atoms with Gasteiger partial charge in [0.15, 0.2) is 11.5 Å². The van der Waals surface area contributed by atoms with Crippen molar-refractivity contribution in [2.75, 3.05) is 7.11 Å². The first-order valence-electron chi connectivity index (χ1n) is 7.04. The molecule has 1 aromatic carbocycles. The van der Waals surface area contributed by atoms with E-state index in [4.69, 9.17) is 4.74 Å². The van der Waals surface area contributed by atoms with Crippen LogP contribution in [0.4, 0.5) is 0 Å². The lowest BCUT2D eigenvalue weighted by Crippen LogP contribution is -2.16. The number of aromatic hydroxyl groups is 1. The van der Waals surface area contributed by atoms with Gasteiger partial charge in [-0.1, -0.05) is 13.0 Å². The van der Waals surface area contributed by atoms with Crippen molar-refractivity contribution in [2.24, 2.45) is 5.10 Å². The summed E-state index contributed by atoms with van der Waals surface area (Å²) in [6, 6.07) is 6.91. The van der Waals surface area contributed by atoms with Gasteiger partial charge < -0.3 is 9.84 Å². The molecule has 0 aliphatic heterocycles. The molecule has 23 heavy (non-hydrogen) atoms. The van der Waals surface area contributed by atoms with Crippen molar-refractivity contribution in [3.63, 3.8) is 0 Å². The summed E-state index contributed by atoms with van der Waals surface area (Å²) in [6.45, 7) is 2.03. The summed E-state index contributed by atoms with van der Waals surface area (Å²) in [5.41, 5.74) is 0.223. The molecule has 0 saturated carbocycles. The quantitative estimate of drug-likeness (QED) is 0.747. The zero-order valence-electron chi connectivity index (χ0n) is 12.7. The fraction of sp³-hybridized carbons (Fsp3) is 0.188. The average molecular weight is 329 g/mol. The summed E-state index contributed by atoms with van der Waals surface area (Å²) in [7, 11) is 1.47. The molecule has 0 atom stereocenters. The molecule has 6 nitrogen and oxygen atoms in total. The lowest BCUT2D eigenvalue weighted by molar-refractivity contribution is 0.373. The van der Waals surface area contributed by atoms with Gasteiger partial charge in [0, 0.05) is 10.4 Å². The van der Waals surface area contributed by atoms with E-state index in [0.717, 1.165) is 16.0 Å². The Bertz CT molecular complexity index is 943. The maximum atomic E-state index is 12.4. The van der Waals surface area contributed by atoms with Gasteiger partial charge in [-0.25, -0.2) is 4.98 Å². The fourth-order valence-corrected chi connectivity index (χ4v) is 3.08. The molecule has 0 amide bonds. The molecule has 3 aromatic rings. The summed E-state index contributed by atoms with van der Waals surface area (Å²) in [4.78, 5) is 18.5. The van der Waals surface area contributed by atoms with Gasteiger partial charge in [0.05, 0.1) is 18.7 Å². The second kappa shape index (κ2) is 6.21. The number of rotatable bonds is 4. The van der Waals surface area contributed by atoms with E-state index in [9.17, 15) is 9.90 Å². The van der Waals surface area contributed by atoms with Crippen molar-refractivity contribution in [2.45, 2.75) is 13.3 Å². The Balaban J connectivity index is 2.01. The van der Waals surface area contributed by atoms with E-state index in [1.165, 1.54) is 31.0 Å². The smallest absolute Gasteiger partial charge is 0.282 e. The van der Waals surface area contributed by atoms with Crippen LogP contribution >= 0.6 is 11.3 Å². The van der Waals surface area contributed by atoms with Crippen molar-refractivity contribution >= 4 is 27.8 Å². The van der Waals surface area contributed by atoms with Gasteiger partial charge in [-0.3, -0.25) is 4.79 Å². The molecule has 0 bridgehead atoms. The van der Waals surface area contributed by atoms with Crippen molar-refractivity contribution < 1.29 is 9.84 Å². The van der Waals surface area contributed by atoms with Gasteiger partial charge in [0.1, 0.15) is 11.2 Å². The summed E-state index contributed by atoms with van der Waals surface area (Å²) in [6.07, 6.45) is 3.65. The minimum absolute atomic E-state index is 0.0235. The maximum Gasteiger partial charge on any atom is 0.282 e. The minimum Gasteiger partial charge on any atom is -0.504 e. The summed E-state index contributed by atoms with van der Waals surface area (Å²) >= 11 is 1.51. The van der Waals surface area contributed by atoms with Gasteiger partial charge in [-0.15, -0.1) is 11.3 Å². The highest BCUT2D eigenvalue weighted by Gasteiger charge is 2.08. The normalized spacial score (nSPS) is 11.4. The first-order valence-corrected chi connectivity index (χ1v) is 7.86. The Morgan fingerprint density at radius 2 is 2.30 bits per heavy atom. The van der Waals surface area contributed by atoms with Crippen LogP contribution in [0.1, 0.15) is 17.4 Å². The third-order valence-electron chi connectivity index (χ3n) is 3.41. The number of nitrogens with zero attached hydrogens (tertiary/aromatic N) is 3. The topological polar surface area (TPSA) is 76.7 Å². The zero-order chi connectivity index (χ0) is 16.4. The van der Waals surface area contributed by atoms with Crippen LogP contribution in [0.3, 0.4) is 0 Å². The van der Waals surface area contributed by atoms with Crippen LogP contribution in [0.2, 0.25) is 0 Å². The van der Waals surface area contributed by atoms with Crippen LogP contribution in [0, 0.1) is 0 Å². The second-order valence-corrected chi connectivity index (χ2v) is 5.94. The van der Waals surface area contributed by atoms with Crippen LogP contribution in [0.5, 0.6) is 11.5 Å². The number of fused-ring (bicyclic) bond motifs is 1. The molecule has 0 unspecified atom stereocenters. The van der Waals surface area contributed by atoms with Gasteiger partial charge in [-0.2, -0.15) is 9.78 Å². The zero-order valence-corrected chi connectivity index (χ0v) is 13.5. The molecular weight excluding hydrogens is 314 g/mol. The highest BCUT2D eigenvalue weighted by Crippen LogP contribution is 2.28. The molecule has 7 heteroatoms. The van der Waals surface area contributed by atoms with Gasteiger partial charge in [0.25, 0.3) is 5.56 Å². The number of aryl methyl sites for hydroxylation is 1. The van der Waals surface area contributed by atoms with Gasteiger partial charge >= 0.3 is 0 Å². The average Bonchev–Trinajstić information content (AvgIpc) is 3.00. The summed E-state index contributed by atoms with van der Waals surface area (Å²) < 4.78 is 6.20. The molecule has 118 valence electrons. The number of phenolic OH excluding ortho intramolecular Hbond substituents is 1. The van der Waals surface area contributed by atoms with E-state index in [1.54, 1.807) is 18.2 Å². The molecule has 2 heterocycles. The molecule has 1 N–H and O–H groups in total. The van der Waals surface area contributed by atoms with Crippen LogP contribution in [-0.2, 0) is 6.42 Å². The van der Waals surface area contributed by atoms with Gasteiger partial charge in [0.2, 0.25) is 0 Å². The summed E-state index contributed by atoms with van der Waals surface area (Å²) in [5.74, 6) is 0.324. The van der Waals surface area contributed by atoms with Gasteiger partial charge in [-0.05, 0) is 24.6 Å². The van der Waals surface area contributed by atoms with E-state index < -0.39 is 0 Å². The number of thiophene rings is 1. The number of phenols is 1. The van der Waals surface area contributed by atoms with Crippen LogP contribution in [0.15, 0.2) is 40.5 Å². The molecule has 0 radical (unpaired) electrons. The molecule has 0 spiro atoms. The number of hydrogen-bond acceptors (Lipinski definition) is 6. The number of methoxy groups -OCH3 is 1. The van der Waals surface area contributed by atoms with Crippen molar-refractivity contribution in [3.05, 3.63) is 51.4 Å². The molecule has 0 aliphatic carbocycles. The Kier molecular flexibility index (Phi) is 4.12. The lowest BCUT2D eigenvalue weighted by Gasteiger charge is -2.04. The van der Waals surface area contributed by atoms with E-state index in [-0.39, 0.29) is 11.3 Å². The Labute approximate surface area is 136 Å². The highest BCUT2D eigenvalue weighted by molar-refractivity contribution is 7.18. The van der Waals surface area contributed by atoms with E-state index in [2.05, 4.69) is 10.1 Å². The lowest BCUT2D eigenvalue weighted by atomic mass is 10.2. The predicted molar refractivity (Wildman–Crippen MR) is 90.9 cm³/mol. The Morgan fingerprint density at radius 3 is 3.04 bits per heavy atom. The predicted octanol–water partition coefficient (Wildman–Crippen LogP) is 2.62. The highest BCUT2D eigenvalue weighted by atomic mass is 32.1. The molecular formula is C16H15N3O3S. The molecule has 0 fully saturated rings. The Hall–Kier alpha value is -2.67. The van der Waals surface area contributed by atoms with Crippen LogP contribution < -0.4 is 10.3 Å². The number of benzene rings is 1. The van der Waals surface area contributed by atoms with E-state index in [0.29, 0.717) is 21.5 Å². The van der Waals surface area contributed by atoms with Crippen LogP contribution in [-0.4, -0.2) is 28.1 Å². The third-order valence-corrected chi connectivity index (χ3v) is 4.59. The third kappa shape index (κ3) is 2.83. The SMILES string of the molecule is CCc1cc2c(=O)n(/N=C/c3cccc(OC)c3O)cnc2s1. The van der Waals surface area contributed by atoms with Crippen molar-refractivity contribution in [1.82, 2.24) is 9.66 Å². The molecule has 2 aromatic heterocycles. The first-order chi connectivity index (χ1) is 11.1. The maximum absolute atomic E-state index is 12.4. The standard InChI is InChI=1S/C16H15N3O3S/c1-3-11-7-12-15(23-11)17-9-19(16(12)21)18-8-10-5-4-6-13(22-2)14(10)20/h4-9,20H,3H2,1-2H3/b18-8+. The first kappa shape index (κ1) is 15.2. The molecule has 0 saturated heterocycles. The van der Waals surface area contributed by atoms with Crippen LogP contribution in [0.25, 0.3) is 10.2 Å². The largest absolute Gasteiger partial charge is 0.504 e. The number of para-hydroxylation sites is 1. The fourth-order valence-electron chi connectivity index (χ4n) is 2.15. The Morgan fingerprint density at radius 1 is 1.48 bits per heavy atom. The molecule has 3 rings (SSSR count). The minimum atomic E-state index is -0.232. The van der Waals surface area contributed by atoms with E-state index in [1.807, 2.05) is 13.0 Å². The number of aromatic nitrogens is 2. The number of hydrogen-bond donors (Lipinski definition) is 1. The number of ether oxygens (including phenoxy) is 1. The molecule has 0 aliphatic rings.